The van der Waals surface area contributed by atoms with Crippen molar-refractivity contribution < 1.29 is 0 Å². The Morgan fingerprint density at radius 1 is 0.514 bits per heavy atom. The standard InChI is InChI=1S/C35H30/c1-3-27-28(4-2)34-32(25-18-10-6-11-19-25)31(24-16-8-5-9-17-24)33(26-20-12-7-13-21-26)35(34)30-23-15-14-22-29(27)30/h5-23,33H,3-4H2,1-2H3. The molecule has 1 aliphatic rings. The molecule has 0 aromatic heterocycles. The number of hydrogen-bond donors (Lipinski definition) is 0. The first-order valence-corrected chi connectivity index (χ1v) is 12.8. The van der Waals surface area contributed by atoms with Gasteiger partial charge < -0.3 is 0 Å². The van der Waals surface area contributed by atoms with Gasteiger partial charge in [-0.1, -0.05) is 129 Å². The molecular weight excluding hydrogens is 420 g/mol. The van der Waals surface area contributed by atoms with Crippen molar-refractivity contribution in [2.75, 3.05) is 0 Å². The van der Waals surface area contributed by atoms with E-state index in [-0.39, 0.29) is 5.92 Å². The first-order valence-electron chi connectivity index (χ1n) is 12.8. The van der Waals surface area contributed by atoms with E-state index in [9.17, 15) is 0 Å². The molecular formula is C35H30. The van der Waals surface area contributed by atoms with Crippen LogP contribution < -0.4 is 0 Å². The van der Waals surface area contributed by atoms with E-state index in [4.69, 9.17) is 0 Å². The molecule has 0 nitrogen and oxygen atoms in total. The molecule has 0 heteroatoms. The van der Waals surface area contributed by atoms with E-state index in [0.29, 0.717) is 0 Å². The monoisotopic (exact) mass is 450 g/mol. The maximum Gasteiger partial charge on any atom is 0.0364 e. The number of aryl methyl sites for hydroxylation is 1. The van der Waals surface area contributed by atoms with Crippen molar-refractivity contribution in [1.29, 1.82) is 0 Å². The summed E-state index contributed by atoms with van der Waals surface area (Å²) < 4.78 is 0. The topological polar surface area (TPSA) is 0 Å². The van der Waals surface area contributed by atoms with Gasteiger partial charge in [-0.2, -0.15) is 0 Å². The molecule has 0 amide bonds. The molecule has 170 valence electrons. The summed E-state index contributed by atoms with van der Waals surface area (Å²) in [5.41, 5.74) is 12.7. The predicted molar refractivity (Wildman–Crippen MR) is 150 cm³/mol. The van der Waals surface area contributed by atoms with Crippen LogP contribution in [0.2, 0.25) is 0 Å². The summed E-state index contributed by atoms with van der Waals surface area (Å²) in [4.78, 5) is 0. The molecule has 5 aromatic rings. The first kappa shape index (κ1) is 21.6. The van der Waals surface area contributed by atoms with Crippen molar-refractivity contribution in [2.45, 2.75) is 32.6 Å². The zero-order valence-corrected chi connectivity index (χ0v) is 20.5. The van der Waals surface area contributed by atoms with Gasteiger partial charge in [0.1, 0.15) is 0 Å². The van der Waals surface area contributed by atoms with Crippen LogP contribution in [0.1, 0.15) is 58.7 Å². The van der Waals surface area contributed by atoms with E-state index in [1.54, 1.807) is 0 Å². The summed E-state index contributed by atoms with van der Waals surface area (Å²) in [6, 6.07) is 42.3. The average Bonchev–Trinajstić information content (AvgIpc) is 3.30. The van der Waals surface area contributed by atoms with Crippen molar-refractivity contribution in [3.8, 4) is 0 Å². The normalized spacial score (nSPS) is 15.0. The third-order valence-corrected chi connectivity index (χ3v) is 7.56. The highest BCUT2D eigenvalue weighted by atomic mass is 14.4. The van der Waals surface area contributed by atoms with Crippen LogP contribution >= 0.6 is 0 Å². The quantitative estimate of drug-likeness (QED) is 0.250. The third kappa shape index (κ3) is 3.44. The van der Waals surface area contributed by atoms with Gasteiger partial charge in [-0.05, 0) is 73.7 Å². The smallest absolute Gasteiger partial charge is 0.0364 e. The summed E-state index contributed by atoms with van der Waals surface area (Å²) in [5, 5.41) is 2.80. The van der Waals surface area contributed by atoms with Gasteiger partial charge in [-0.25, -0.2) is 0 Å². The Kier molecular flexibility index (Phi) is 5.58. The molecule has 1 unspecified atom stereocenters. The molecule has 35 heavy (non-hydrogen) atoms. The molecule has 0 saturated carbocycles. The second-order valence-electron chi connectivity index (χ2n) is 9.36. The van der Waals surface area contributed by atoms with Crippen LogP contribution in [0.25, 0.3) is 21.9 Å². The maximum absolute atomic E-state index is 2.35. The largest absolute Gasteiger partial charge is 0.0622 e. The van der Waals surface area contributed by atoms with Gasteiger partial charge in [0.15, 0.2) is 0 Å². The summed E-state index contributed by atoms with van der Waals surface area (Å²) in [7, 11) is 0. The molecule has 1 atom stereocenters. The van der Waals surface area contributed by atoms with E-state index >= 15 is 0 Å². The average molecular weight is 451 g/mol. The molecule has 0 spiro atoms. The molecule has 0 bridgehead atoms. The van der Waals surface area contributed by atoms with Crippen molar-refractivity contribution in [3.05, 3.63) is 154 Å². The number of fused-ring (bicyclic) bond motifs is 3. The highest BCUT2D eigenvalue weighted by Crippen LogP contribution is 2.56. The SMILES string of the molecule is CCc1c2c(c3ccccc3c1CC)C(c1ccccc1)C(c1ccccc1)=C2c1ccccc1. The molecule has 0 N–H and O–H groups in total. The molecule has 1 aliphatic carbocycles. The Bertz CT molecular complexity index is 1520. The minimum atomic E-state index is 0.185. The second kappa shape index (κ2) is 9.04. The van der Waals surface area contributed by atoms with Crippen LogP contribution in [-0.4, -0.2) is 0 Å². The Labute approximate surface area is 208 Å². The Morgan fingerprint density at radius 2 is 1.03 bits per heavy atom. The van der Waals surface area contributed by atoms with Gasteiger partial charge in [0.2, 0.25) is 0 Å². The lowest BCUT2D eigenvalue weighted by Crippen LogP contribution is -2.05. The number of benzene rings is 5. The van der Waals surface area contributed by atoms with E-state index in [1.807, 2.05) is 0 Å². The Morgan fingerprint density at radius 3 is 1.63 bits per heavy atom. The summed E-state index contributed by atoms with van der Waals surface area (Å²) in [5.74, 6) is 0.185. The van der Waals surface area contributed by atoms with E-state index < -0.39 is 0 Å². The van der Waals surface area contributed by atoms with Gasteiger partial charge >= 0.3 is 0 Å². The van der Waals surface area contributed by atoms with E-state index in [1.165, 1.54) is 60.9 Å². The minimum Gasteiger partial charge on any atom is -0.0622 e. The van der Waals surface area contributed by atoms with Gasteiger partial charge in [-0.3, -0.25) is 0 Å². The van der Waals surface area contributed by atoms with E-state index in [0.717, 1.165) is 12.8 Å². The number of hydrogen-bond acceptors (Lipinski definition) is 0. The minimum absolute atomic E-state index is 0.185. The molecule has 5 aromatic carbocycles. The highest BCUT2D eigenvalue weighted by Gasteiger charge is 2.37. The van der Waals surface area contributed by atoms with Crippen LogP contribution in [0.15, 0.2) is 115 Å². The second-order valence-corrected chi connectivity index (χ2v) is 9.36. The van der Waals surface area contributed by atoms with Gasteiger partial charge in [-0.15, -0.1) is 0 Å². The molecule has 0 heterocycles. The lowest BCUT2D eigenvalue weighted by molar-refractivity contribution is 1.02. The van der Waals surface area contributed by atoms with Gasteiger partial charge in [0.05, 0.1) is 0 Å². The van der Waals surface area contributed by atoms with Crippen LogP contribution in [0, 0.1) is 0 Å². The molecule has 0 saturated heterocycles. The van der Waals surface area contributed by atoms with Crippen LogP contribution in [0.5, 0.6) is 0 Å². The molecule has 0 fully saturated rings. The number of rotatable bonds is 5. The highest BCUT2D eigenvalue weighted by molar-refractivity contribution is 6.12. The molecule has 6 rings (SSSR count). The number of allylic oxidation sites excluding steroid dienone is 1. The zero-order chi connectivity index (χ0) is 23.8. The fraction of sp³-hybridized carbons (Fsp3) is 0.143. The first-order chi connectivity index (χ1) is 17.3. The fourth-order valence-corrected chi connectivity index (χ4v) is 6.21. The van der Waals surface area contributed by atoms with Crippen molar-refractivity contribution in [2.24, 2.45) is 0 Å². The van der Waals surface area contributed by atoms with Crippen molar-refractivity contribution in [1.82, 2.24) is 0 Å². The Balaban J connectivity index is 1.84. The van der Waals surface area contributed by atoms with Crippen molar-refractivity contribution >= 4 is 21.9 Å². The fourth-order valence-electron chi connectivity index (χ4n) is 6.21. The molecule has 0 aliphatic heterocycles. The van der Waals surface area contributed by atoms with Gasteiger partial charge in [0, 0.05) is 5.92 Å². The van der Waals surface area contributed by atoms with Crippen molar-refractivity contribution in [3.63, 3.8) is 0 Å². The predicted octanol–water partition coefficient (Wildman–Crippen LogP) is 9.07. The lowest BCUT2D eigenvalue weighted by Gasteiger charge is -2.22. The maximum atomic E-state index is 2.35. The van der Waals surface area contributed by atoms with E-state index in [2.05, 4.69) is 129 Å². The van der Waals surface area contributed by atoms with Gasteiger partial charge in [0.25, 0.3) is 0 Å². The summed E-state index contributed by atoms with van der Waals surface area (Å²) in [6.45, 7) is 4.63. The summed E-state index contributed by atoms with van der Waals surface area (Å²) >= 11 is 0. The van der Waals surface area contributed by atoms with Crippen LogP contribution in [0.4, 0.5) is 0 Å². The van der Waals surface area contributed by atoms with Crippen LogP contribution in [-0.2, 0) is 12.8 Å². The summed E-state index contributed by atoms with van der Waals surface area (Å²) in [6.07, 6.45) is 2.06. The van der Waals surface area contributed by atoms with Crippen LogP contribution in [0.3, 0.4) is 0 Å². The lowest BCUT2D eigenvalue weighted by atomic mass is 9.80. The molecule has 0 radical (unpaired) electrons. The Hall–Kier alpha value is -3.90. The zero-order valence-electron chi connectivity index (χ0n) is 20.5. The third-order valence-electron chi connectivity index (χ3n) is 7.56.